The molecule has 2 rings (SSSR count). The number of anilines is 1. The van der Waals surface area contributed by atoms with Crippen molar-refractivity contribution in [2.24, 2.45) is 0 Å². The van der Waals surface area contributed by atoms with Gasteiger partial charge in [-0.05, 0) is 48.9 Å². The lowest BCUT2D eigenvalue weighted by atomic mass is 10.0. The molecule has 0 aliphatic heterocycles. The number of nitrogens with one attached hydrogen (secondary N) is 1. The molecule has 0 unspecified atom stereocenters. The number of hydrogen-bond acceptors (Lipinski definition) is 1. The molecule has 0 saturated heterocycles. The minimum Gasteiger partial charge on any atom is -0.388 e. The molecule has 0 spiro atoms. The first-order chi connectivity index (χ1) is 5.83. The lowest BCUT2D eigenvalue weighted by Crippen LogP contribution is -1.95. The highest BCUT2D eigenvalue weighted by atomic mass is 14.8. The van der Waals surface area contributed by atoms with E-state index in [4.69, 9.17) is 0 Å². The van der Waals surface area contributed by atoms with Crippen LogP contribution in [0.2, 0.25) is 0 Å². The monoisotopic (exact) mass is 161 g/mol. The van der Waals surface area contributed by atoms with Gasteiger partial charge in [0.05, 0.1) is 0 Å². The Hall–Kier alpha value is -0.980. The van der Waals surface area contributed by atoms with Gasteiger partial charge in [0.25, 0.3) is 0 Å². The minimum absolute atomic E-state index is 1.27. The van der Waals surface area contributed by atoms with Crippen LogP contribution in [0.3, 0.4) is 0 Å². The lowest BCUT2D eigenvalue weighted by Gasteiger charge is -2.09. The molecule has 0 atom stereocenters. The van der Waals surface area contributed by atoms with E-state index in [2.05, 4.69) is 24.4 Å². The molecule has 1 heteroatoms. The Morgan fingerprint density at radius 3 is 2.83 bits per heavy atom. The second-order valence-corrected chi connectivity index (χ2v) is 3.48. The summed E-state index contributed by atoms with van der Waals surface area (Å²) in [7, 11) is 1.99. The van der Waals surface area contributed by atoms with E-state index in [-0.39, 0.29) is 0 Å². The van der Waals surface area contributed by atoms with E-state index >= 15 is 0 Å². The van der Waals surface area contributed by atoms with Gasteiger partial charge in [-0.25, -0.2) is 0 Å². The summed E-state index contributed by atoms with van der Waals surface area (Å²) in [5, 5.41) is 3.22. The predicted octanol–water partition coefficient (Wildman–Crippen LogP) is 2.53. The summed E-state index contributed by atoms with van der Waals surface area (Å²) in [5.41, 5.74) is 5.89. The number of hydrogen-bond donors (Lipinski definition) is 1. The first kappa shape index (κ1) is 7.66. The summed E-state index contributed by atoms with van der Waals surface area (Å²) < 4.78 is 0. The quantitative estimate of drug-likeness (QED) is 0.667. The Bertz CT molecular complexity index is 302. The number of rotatable bonds is 1. The molecule has 0 radical (unpaired) electrons. The second-order valence-electron chi connectivity index (χ2n) is 3.48. The molecule has 0 bridgehead atoms. The second kappa shape index (κ2) is 2.81. The van der Waals surface area contributed by atoms with Gasteiger partial charge in [-0.15, -0.1) is 0 Å². The molecule has 1 nitrogen and oxygen atoms in total. The molecule has 0 amide bonds. The van der Waals surface area contributed by atoms with Crippen LogP contribution in [0.25, 0.3) is 0 Å². The smallest absolute Gasteiger partial charge is 0.0370 e. The van der Waals surface area contributed by atoms with Crippen molar-refractivity contribution in [3.63, 3.8) is 0 Å². The van der Waals surface area contributed by atoms with Gasteiger partial charge in [-0.1, -0.05) is 6.07 Å². The van der Waals surface area contributed by atoms with E-state index in [1.54, 1.807) is 11.1 Å². The lowest BCUT2D eigenvalue weighted by molar-refractivity contribution is 0.909. The van der Waals surface area contributed by atoms with Crippen LogP contribution in [0.4, 0.5) is 5.69 Å². The Balaban J connectivity index is 2.54. The average molecular weight is 161 g/mol. The van der Waals surface area contributed by atoms with Gasteiger partial charge in [0.1, 0.15) is 0 Å². The van der Waals surface area contributed by atoms with Crippen LogP contribution in [0.1, 0.15) is 23.1 Å². The van der Waals surface area contributed by atoms with Crippen molar-refractivity contribution >= 4 is 5.69 Å². The molecule has 1 aromatic carbocycles. The Morgan fingerprint density at radius 2 is 2.08 bits per heavy atom. The van der Waals surface area contributed by atoms with Crippen molar-refractivity contribution in [3.05, 3.63) is 28.8 Å². The standard InChI is InChI=1S/C11H15N/c1-8-10-5-3-4-9(10)6-7-11(8)12-2/h6-7,12H,3-5H2,1-2H3. The fraction of sp³-hybridized carbons (Fsp3) is 0.455. The first-order valence-corrected chi connectivity index (χ1v) is 4.62. The molecule has 1 aromatic rings. The Kier molecular flexibility index (Phi) is 1.80. The maximum absolute atomic E-state index is 3.22. The van der Waals surface area contributed by atoms with Crippen LogP contribution in [0, 0.1) is 6.92 Å². The number of benzene rings is 1. The van der Waals surface area contributed by atoms with Crippen molar-refractivity contribution in [1.82, 2.24) is 0 Å². The zero-order chi connectivity index (χ0) is 8.55. The molecule has 1 aliphatic carbocycles. The zero-order valence-electron chi connectivity index (χ0n) is 7.78. The molecule has 12 heavy (non-hydrogen) atoms. The Morgan fingerprint density at radius 1 is 1.25 bits per heavy atom. The Labute approximate surface area is 73.8 Å². The van der Waals surface area contributed by atoms with Crippen LogP contribution in [-0.4, -0.2) is 7.05 Å². The van der Waals surface area contributed by atoms with Gasteiger partial charge in [0, 0.05) is 12.7 Å². The van der Waals surface area contributed by atoms with Crippen molar-refractivity contribution in [1.29, 1.82) is 0 Å². The summed E-state index contributed by atoms with van der Waals surface area (Å²) in [6.45, 7) is 2.22. The molecule has 1 N–H and O–H groups in total. The highest BCUT2D eigenvalue weighted by Gasteiger charge is 2.13. The van der Waals surface area contributed by atoms with Gasteiger partial charge in [0.2, 0.25) is 0 Å². The SMILES string of the molecule is CNc1ccc2c(c1C)CCC2. The maximum Gasteiger partial charge on any atom is 0.0370 e. The third-order valence-corrected chi connectivity index (χ3v) is 2.84. The largest absolute Gasteiger partial charge is 0.388 e. The minimum atomic E-state index is 1.27. The van der Waals surface area contributed by atoms with E-state index < -0.39 is 0 Å². The highest BCUT2D eigenvalue weighted by molar-refractivity contribution is 5.57. The van der Waals surface area contributed by atoms with Crippen molar-refractivity contribution in [2.75, 3.05) is 12.4 Å². The van der Waals surface area contributed by atoms with E-state index in [9.17, 15) is 0 Å². The third kappa shape index (κ3) is 1.01. The molecule has 0 saturated carbocycles. The van der Waals surface area contributed by atoms with Crippen molar-refractivity contribution < 1.29 is 0 Å². The fourth-order valence-corrected chi connectivity index (χ4v) is 2.12. The highest BCUT2D eigenvalue weighted by Crippen LogP contribution is 2.29. The van der Waals surface area contributed by atoms with Gasteiger partial charge in [-0.3, -0.25) is 0 Å². The van der Waals surface area contributed by atoms with Gasteiger partial charge >= 0.3 is 0 Å². The summed E-state index contributed by atoms with van der Waals surface area (Å²) in [6, 6.07) is 4.46. The van der Waals surface area contributed by atoms with E-state index in [0.29, 0.717) is 0 Å². The van der Waals surface area contributed by atoms with E-state index in [0.717, 1.165) is 0 Å². The third-order valence-electron chi connectivity index (χ3n) is 2.84. The van der Waals surface area contributed by atoms with Crippen molar-refractivity contribution in [2.45, 2.75) is 26.2 Å². The van der Waals surface area contributed by atoms with Gasteiger partial charge in [-0.2, -0.15) is 0 Å². The topological polar surface area (TPSA) is 12.0 Å². The van der Waals surface area contributed by atoms with Crippen LogP contribution in [0.5, 0.6) is 0 Å². The molecular formula is C11H15N. The van der Waals surface area contributed by atoms with E-state index in [1.165, 1.54) is 30.5 Å². The maximum atomic E-state index is 3.22. The summed E-state index contributed by atoms with van der Waals surface area (Å²) >= 11 is 0. The first-order valence-electron chi connectivity index (χ1n) is 4.62. The number of aryl methyl sites for hydroxylation is 1. The molecule has 0 heterocycles. The van der Waals surface area contributed by atoms with E-state index in [1.807, 2.05) is 7.05 Å². The fourth-order valence-electron chi connectivity index (χ4n) is 2.12. The molecule has 0 fully saturated rings. The van der Waals surface area contributed by atoms with Crippen molar-refractivity contribution in [3.8, 4) is 0 Å². The van der Waals surface area contributed by atoms with Crippen LogP contribution < -0.4 is 5.32 Å². The summed E-state index contributed by atoms with van der Waals surface area (Å²) in [5.74, 6) is 0. The van der Waals surface area contributed by atoms with Crippen LogP contribution >= 0.6 is 0 Å². The summed E-state index contributed by atoms with van der Waals surface area (Å²) in [4.78, 5) is 0. The molecule has 64 valence electrons. The van der Waals surface area contributed by atoms with Crippen LogP contribution in [-0.2, 0) is 12.8 Å². The molecular weight excluding hydrogens is 146 g/mol. The number of fused-ring (bicyclic) bond motifs is 1. The molecule has 0 aromatic heterocycles. The average Bonchev–Trinajstić information content (AvgIpc) is 2.53. The molecule has 1 aliphatic rings. The van der Waals surface area contributed by atoms with Crippen LogP contribution in [0.15, 0.2) is 12.1 Å². The normalized spacial score (nSPS) is 14.5. The van der Waals surface area contributed by atoms with Gasteiger partial charge < -0.3 is 5.32 Å². The van der Waals surface area contributed by atoms with Gasteiger partial charge in [0.15, 0.2) is 0 Å². The summed E-state index contributed by atoms with van der Waals surface area (Å²) in [6.07, 6.45) is 3.89. The zero-order valence-corrected chi connectivity index (χ0v) is 7.78. The predicted molar refractivity (Wildman–Crippen MR) is 52.8 cm³/mol.